The van der Waals surface area contributed by atoms with Crippen molar-refractivity contribution in [2.45, 2.75) is 26.7 Å². The minimum absolute atomic E-state index is 1.13. The van der Waals surface area contributed by atoms with Gasteiger partial charge in [0.1, 0.15) is 0 Å². The molecule has 1 rings (SSSR count). The number of rotatable bonds is 2. The third kappa shape index (κ3) is 1.38. The molecule has 53 valence electrons. The van der Waals surface area contributed by atoms with Gasteiger partial charge in [0, 0.05) is 0 Å². The molecule has 0 saturated carbocycles. The van der Waals surface area contributed by atoms with Crippen molar-refractivity contribution >= 4 is 0 Å². The molecule has 0 aromatic heterocycles. The van der Waals surface area contributed by atoms with E-state index in [1.165, 1.54) is 11.1 Å². The highest BCUT2D eigenvalue weighted by Gasteiger charge is 1.94. The van der Waals surface area contributed by atoms with Crippen molar-refractivity contribution in [3.63, 3.8) is 0 Å². The zero-order valence-electron chi connectivity index (χ0n) is 6.65. The van der Waals surface area contributed by atoms with E-state index in [4.69, 9.17) is 0 Å². The fourth-order valence-corrected chi connectivity index (χ4v) is 1.17. The summed E-state index contributed by atoms with van der Waals surface area (Å²) in [7, 11) is 0. The van der Waals surface area contributed by atoms with Crippen LogP contribution in [0.5, 0.6) is 0 Å². The fraction of sp³-hybridized carbons (Fsp3) is 0.400. The molecule has 0 amide bonds. The van der Waals surface area contributed by atoms with Crippen LogP contribution in [-0.4, -0.2) is 0 Å². The molecule has 1 aromatic carbocycles. The summed E-state index contributed by atoms with van der Waals surface area (Å²) in [6, 6.07) is 9.30. The highest BCUT2D eigenvalue weighted by Crippen LogP contribution is 2.08. The Morgan fingerprint density at radius 3 is 2.40 bits per heavy atom. The van der Waals surface area contributed by atoms with Crippen LogP contribution in [0.25, 0.3) is 0 Å². The number of aryl methyl sites for hydroxylation is 2. The van der Waals surface area contributed by atoms with Gasteiger partial charge in [0.05, 0.1) is 0 Å². The minimum atomic E-state index is 1.13. The summed E-state index contributed by atoms with van der Waals surface area (Å²) in [5.41, 5.74) is 2.89. The molecule has 0 aliphatic rings. The molecule has 0 heterocycles. The van der Waals surface area contributed by atoms with Crippen molar-refractivity contribution in [2.75, 3.05) is 0 Å². The van der Waals surface area contributed by atoms with Crippen LogP contribution in [0.4, 0.5) is 0 Å². The summed E-state index contributed by atoms with van der Waals surface area (Å²) >= 11 is 0. The first kappa shape index (κ1) is 7.33. The second-order valence-electron chi connectivity index (χ2n) is 2.40. The monoisotopic (exact) mass is 133 g/mol. The molecule has 1 aromatic rings. The van der Waals surface area contributed by atoms with Gasteiger partial charge in [0.2, 0.25) is 0 Å². The van der Waals surface area contributed by atoms with Crippen molar-refractivity contribution < 1.29 is 0 Å². The van der Waals surface area contributed by atoms with Crippen molar-refractivity contribution in [1.82, 2.24) is 0 Å². The van der Waals surface area contributed by atoms with Crippen LogP contribution in [0.1, 0.15) is 25.0 Å². The van der Waals surface area contributed by atoms with Crippen LogP contribution in [0.2, 0.25) is 0 Å². The standard InChI is InChI=1S/C10H13/c1-3-9-7-5-6-8-10(9)4-2/h5,7-8H,3-4H2,1-2H3. The van der Waals surface area contributed by atoms with Crippen LogP contribution in [-0.2, 0) is 12.8 Å². The molecule has 0 saturated heterocycles. The molecule has 0 nitrogen and oxygen atoms in total. The first-order chi connectivity index (χ1) is 4.88. The smallest absolute Gasteiger partial charge is 0.0181 e. The predicted octanol–water partition coefficient (Wildman–Crippen LogP) is 2.61. The first-order valence-corrected chi connectivity index (χ1v) is 3.86. The van der Waals surface area contributed by atoms with Gasteiger partial charge >= 0.3 is 0 Å². The zero-order valence-corrected chi connectivity index (χ0v) is 6.65. The van der Waals surface area contributed by atoms with E-state index in [2.05, 4.69) is 32.0 Å². The molecular formula is C10H13. The Hall–Kier alpha value is -0.780. The predicted molar refractivity (Wildman–Crippen MR) is 44.0 cm³/mol. The van der Waals surface area contributed by atoms with Gasteiger partial charge < -0.3 is 0 Å². The quantitative estimate of drug-likeness (QED) is 0.581. The minimum Gasteiger partial charge on any atom is -0.0613 e. The average Bonchev–Trinajstić information content (AvgIpc) is 2.04. The number of hydrogen-bond donors (Lipinski definition) is 0. The van der Waals surface area contributed by atoms with E-state index in [-0.39, 0.29) is 0 Å². The molecule has 0 atom stereocenters. The largest absolute Gasteiger partial charge is 0.0613 e. The maximum absolute atomic E-state index is 3.09. The van der Waals surface area contributed by atoms with Gasteiger partial charge in [0.15, 0.2) is 0 Å². The molecule has 0 N–H and O–H groups in total. The third-order valence-electron chi connectivity index (χ3n) is 1.81. The van der Waals surface area contributed by atoms with E-state index >= 15 is 0 Å². The SMILES string of the molecule is CCc1c[c]ccc1CC. The van der Waals surface area contributed by atoms with E-state index in [0.29, 0.717) is 0 Å². The molecular weight excluding hydrogens is 120 g/mol. The lowest BCUT2D eigenvalue weighted by Crippen LogP contribution is -1.88. The Labute approximate surface area is 62.9 Å². The average molecular weight is 133 g/mol. The van der Waals surface area contributed by atoms with E-state index in [0.717, 1.165) is 12.8 Å². The maximum Gasteiger partial charge on any atom is -0.0181 e. The third-order valence-corrected chi connectivity index (χ3v) is 1.81. The van der Waals surface area contributed by atoms with Crippen LogP contribution in [0.15, 0.2) is 18.2 Å². The molecule has 0 fully saturated rings. The van der Waals surface area contributed by atoms with Gasteiger partial charge in [-0.15, -0.1) is 0 Å². The van der Waals surface area contributed by atoms with Gasteiger partial charge in [-0.05, 0) is 30.0 Å². The molecule has 0 unspecified atom stereocenters. The molecule has 0 aliphatic carbocycles. The van der Waals surface area contributed by atoms with E-state index in [9.17, 15) is 0 Å². The highest BCUT2D eigenvalue weighted by atomic mass is 14.0. The van der Waals surface area contributed by atoms with Crippen molar-refractivity contribution in [3.8, 4) is 0 Å². The number of benzene rings is 1. The van der Waals surface area contributed by atoms with Gasteiger partial charge in [-0.3, -0.25) is 0 Å². The van der Waals surface area contributed by atoms with Crippen LogP contribution >= 0.6 is 0 Å². The molecule has 0 heteroatoms. The Kier molecular flexibility index (Phi) is 2.49. The summed E-state index contributed by atoms with van der Waals surface area (Å²) in [6.45, 7) is 4.37. The topological polar surface area (TPSA) is 0 Å². The lowest BCUT2D eigenvalue weighted by molar-refractivity contribution is 1.04. The van der Waals surface area contributed by atoms with Crippen molar-refractivity contribution in [1.29, 1.82) is 0 Å². The van der Waals surface area contributed by atoms with Gasteiger partial charge in [-0.25, -0.2) is 0 Å². The van der Waals surface area contributed by atoms with Gasteiger partial charge in [-0.1, -0.05) is 32.0 Å². The fourth-order valence-electron chi connectivity index (χ4n) is 1.17. The summed E-state index contributed by atoms with van der Waals surface area (Å²) < 4.78 is 0. The lowest BCUT2D eigenvalue weighted by Gasteiger charge is -2.02. The normalized spacial score (nSPS) is 9.80. The summed E-state index contributed by atoms with van der Waals surface area (Å²) in [5, 5.41) is 0. The Balaban J connectivity index is 2.96. The Morgan fingerprint density at radius 2 is 1.90 bits per heavy atom. The van der Waals surface area contributed by atoms with Crippen LogP contribution < -0.4 is 0 Å². The van der Waals surface area contributed by atoms with Crippen LogP contribution in [0.3, 0.4) is 0 Å². The molecule has 0 aliphatic heterocycles. The second kappa shape index (κ2) is 3.40. The van der Waals surface area contributed by atoms with E-state index < -0.39 is 0 Å². The second-order valence-corrected chi connectivity index (χ2v) is 2.40. The Bertz CT molecular complexity index is 178. The molecule has 1 radical (unpaired) electrons. The zero-order chi connectivity index (χ0) is 7.40. The molecule has 0 bridgehead atoms. The van der Waals surface area contributed by atoms with Crippen LogP contribution in [0, 0.1) is 6.07 Å². The van der Waals surface area contributed by atoms with Gasteiger partial charge in [-0.2, -0.15) is 0 Å². The summed E-state index contributed by atoms with van der Waals surface area (Å²) in [5.74, 6) is 0. The summed E-state index contributed by atoms with van der Waals surface area (Å²) in [6.07, 6.45) is 2.26. The van der Waals surface area contributed by atoms with Crippen molar-refractivity contribution in [2.24, 2.45) is 0 Å². The number of hydrogen-bond acceptors (Lipinski definition) is 0. The Morgan fingerprint density at radius 1 is 1.20 bits per heavy atom. The molecule has 0 spiro atoms. The highest BCUT2D eigenvalue weighted by molar-refractivity contribution is 5.25. The van der Waals surface area contributed by atoms with E-state index in [1.54, 1.807) is 0 Å². The maximum atomic E-state index is 3.09. The lowest BCUT2D eigenvalue weighted by atomic mass is 10.0. The van der Waals surface area contributed by atoms with E-state index in [1.807, 2.05) is 6.07 Å². The van der Waals surface area contributed by atoms with Crippen molar-refractivity contribution in [3.05, 3.63) is 35.4 Å². The first-order valence-electron chi connectivity index (χ1n) is 3.86. The summed E-state index contributed by atoms with van der Waals surface area (Å²) in [4.78, 5) is 0. The van der Waals surface area contributed by atoms with Gasteiger partial charge in [0.25, 0.3) is 0 Å². The molecule has 10 heavy (non-hydrogen) atoms.